The van der Waals surface area contributed by atoms with Crippen LogP contribution in [0, 0.1) is 5.82 Å². The predicted molar refractivity (Wildman–Crippen MR) is 84.1 cm³/mol. The standard InChI is InChI=1S/C13H17BrFN3S/c1-18(8-2-3-8)7-6-17-10-5-4-9(13(16)19)11(14)12(10)15/h4-5,8,17H,2-3,6-7H2,1H3,(H2,16,19). The maximum Gasteiger partial charge on any atom is 0.161 e. The fourth-order valence-corrected chi connectivity index (χ4v) is 2.80. The van der Waals surface area contributed by atoms with Gasteiger partial charge in [0, 0.05) is 24.7 Å². The van der Waals surface area contributed by atoms with Crippen LogP contribution in [0.2, 0.25) is 0 Å². The summed E-state index contributed by atoms with van der Waals surface area (Å²) < 4.78 is 14.4. The van der Waals surface area contributed by atoms with Crippen LogP contribution in [0.1, 0.15) is 18.4 Å². The second-order valence-electron chi connectivity index (χ2n) is 4.79. The van der Waals surface area contributed by atoms with Crippen molar-refractivity contribution in [1.29, 1.82) is 0 Å². The Kier molecular flexibility index (Phi) is 4.76. The monoisotopic (exact) mass is 345 g/mol. The van der Waals surface area contributed by atoms with Gasteiger partial charge in [-0.2, -0.15) is 0 Å². The van der Waals surface area contributed by atoms with E-state index in [-0.39, 0.29) is 10.8 Å². The number of rotatable bonds is 6. The molecule has 1 aromatic rings. The van der Waals surface area contributed by atoms with Gasteiger partial charge in [0.15, 0.2) is 5.82 Å². The quantitative estimate of drug-likeness (QED) is 0.778. The van der Waals surface area contributed by atoms with Crippen molar-refractivity contribution in [2.45, 2.75) is 18.9 Å². The van der Waals surface area contributed by atoms with Gasteiger partial charge in [-0.1, -0.05) is 12.2 Å². The van der Waals surface area contributed by atoms with E-state index in [9.17, 15) is 4.39 Å². The van der Waals surface area contributed by atoms with E-state index in [1.54, 1.807) is 12.1 Å². The molecule has 0 atom stereocenters. The smallest absolute Gasteiger partial charge is 0.161 e. The number of nitrogens with zero attached hydrogens (tertiary/aromatic N) is 1. The molecule has 0 bridgehead atoms. The molecule has 0 spiro atoms. The van der Waals surface area contributed by atoms with Crippen LogP contribution in [-0.4, -0.2) is 36.1 Å². The molecule has 0 heterocycles. The zero-order valence-electron chi connectivity index (χ0n) is 10.7. The van der Waals surface area contributed by atoms with Gasteiger partial charge in [-0.3, -0.25) is 0 Å². The fourth-order valence-electron chi connectivity index (χ4n) is 1.94. The maximum atomic E-state index is 14.1. The number of benzene rings is 1. The molecule has 0 aromatic heterocycles. The number of thiocarbonyl (C=S) groups is 1. The first-order valence-corrected chi connectivity index (χ1v) is 7.42. The minimum atomic E-state index is -0.348. The first kappa shape index (κ1) is 14.7. The summed E-state index contributed by atoms with van der Waals surface area (Å²) in [6, 6.07) is 4.11. The van der Waals surface area contributed by atoms with Crippen molar-refractivity contribution in [3.63, 3.8) is 0 Å². The summed E-state index contributed by atoms with van der Waals surface area (Å²) in [4.78, 5) is 2.48. The number of nitrogens with two attached hydrogens (primary N) is 1. The van der Waals surface area contributed by atoms with Gasteiger partial charge in [-0.05, 0) is 48.0 Å². The number of hydrogen-bond acceptors (Lipinski definition) is 3. The van der Waals surface area contributed by atoms with Gasteiger partial charge in [-0.15, -0.1) is 0 Å². The summed E-state index contributed by atoms with van der Waals surface area (Å²) in [5, 5.41) is 3.10. The topological polar surface area (TPSA) is 41.3 Å². The highest BCUT2D eigenvalue weighted by molar-refractivity contribution is 9.10. The highest BCUT2D eigenvalue weighted by Gasteiger charge is 2.25. The average Bonchev–Trinajstić information content (AvgIpc) is 3.18. The Balaban J connectivity index is 1.96. The SMILES string of the molecule is CN(CCNc1ccc(C(N)=S)c(Br)c1F)C1CC1. The first-order chi connectivity index (χ1) is 9.00. The van der Waals surface area contributed by atoms with Crippen LogP contribution in [0.5, 0.6) is 0 Å². The molecule has 1 aliphatic rings. The van der Waals surface area contributed by atoms with Gasteiger partial charge in [0.1, 0.15) is 4.99 Å². The highest BCUT2D eigenvalue weighted by Crippen LogP contribution is 2.27. The molecule has 0 aliphatic heterocycles. The minimum absolute atomic E-state index is 0.186. The lowest BCUT2D eigenvalue weighted by molar-refractivity contribution is 0.337. The van der Waals surface area contributed by atoms with E-state index in [2.05, 4.69) is 33.2 Å². The summed E-state index contributed by atoms with van der Waals surface area (Å²) in [5.74, 6) is -0.348. The molecule has 0 unspecified atom stereocenters. The number of hydrogen-bond donors (Lipinski definition) is 2. The molecule has 6 heteroatoms. The van der Waals surface area contributed by atoms with Gasteiger partial charge in [0.2, 0.25) is 0 Å². The van der Waals surface area contributed by atoms with Crippen LogP contribution in [-0.2, 0) is 0 Å². The van der Waals surface area contributed by atoms with Crippen LogP contribution in [0.15, 0.2) is 16.6 Å². The van der Waals surface area contributed by atoms with Gasteiger partial charge < -0.3 is 16.0 Å². The normalized spacial score (nSPS) is 14.7. The molecule has 2 rings (SSSR count). The van der Waals surface area contributed by atoms with Gasteiger partial charge in [0.05, 0.1) is 10.2 Å². The van der Waals surface area contributed by atoms with E-state index in [0.29, 0.717) is 22.3 Å². The first-order valence-electron chi connectivity index (χ1n) is 6.22. The van der Waals surface area contributed by atoms with Crippen molar-refractivity contribution in [1.82, 2.24) is 4.90 Å². The molecule has 19 heavy (non-hydrogen) atoms. The molecule has 1 aromatic carbocycles. The van der Waals surface area contributed by atoms with Gasteiger partial charge >= 0.3 is 0 Å². The van der Waals surface area contributed by atoms with Gasteiger partial charge in [0.25, 0.3) is 0 Å². The molecule has 0 amide bonds. The fraction of sp³-hybridized carbons (Fsp3) is 0.462. The van der Waals surface area contributed by atoms with E-state index < -0.39 is 0 Å². The number of anilines is 1. The molecule has 3 N–H and O–H groups in total. The average molecular weight is 346 g/mol. The zero-order chi connectivity index (χ0) is 14.0. The molecule has 1 saturated carbocycles. The number of halogens is 2. The van der Waals surface area contributed by atoms with Crippen LogP contribution >= 0.6 is 28.1 Å². The zero-order valence-corrected chi connectivity index (χ0v) is 13.2. The molecule has 1 fully saturated rings. The lowest BCUT2D eigenvalue weighted by Gasteiger charge is -2.17. The van der Waals surface area contributed by atoms with E-state index in [4.69, 9.17) is 18.0 Å². The Labute approximate surface area is 126 Å². The van der Waals surface area contributed by atoms with Crippen LogP contribution in [0.25, 0.3) is 0 Å². The Bertz CT molecular complexity index is 491. The summed E-state index contributed by atoms with van der Waals surface area (Å²) in [6.45, 7) is 1.61. The van der Waals surface area contributed by atoms with Crippen LogP contribution < -0.4 is 11.1 Å². The van der Waals surface area contributed by atoms with E-state index in [0.717, 1.165) is 12.6 Å². The summed E-state index contributed by atoms with van der Waals surface area (Å²) >= 11 is 8.06. The molecular weight excluding hydrogens is 329 g/mol. The molecule has 0 saturated heterocycles. The van der Waals surface area contributed by atoms with Crippen LogP contribution in [0.4, 0.5) is 10.1 Å². The number of nitrogens with one attached hydrogen (secondary N) is 1. The van der Waals surface area contributed by atoms with E-state index in [1.165, 1.54) is 12.8 Å². The van der Waals surface area contributed by atoms with Crippen LogP contribution in [0.3, 0.4) is 0 Å². The highest BCUT2D eigenvalue weighted by atomic mass is 79.9. The molecule has 0 radical (unpaired) electrons. The molecule has 3 nitrogen and oxygen atoms in total. The van der Waals surface area contributed by atoms with Crippen molar-refractivity contribution in [3.05, 3.63) is 28.0 Å². The predicted octanol–water partition coefficient (Wildman–Crippen LogP) is 2.73. The Hall–Kier alpha value is -0.720. The van der Waals surface area contributed by atoms with Gasteiger partial charge in [-0.25, -0.2) is 4.39 Å². The van der Waals surface area contributed by atoms with Crippen molar-refractivity contribution >= 4 is 38.8 Å². The summed E-state index contributed by atoms with van der Waals surface area (Å²) in [7, 11) is 2.10. The molecule has 1 aliphatic carbocycles. The summed E-state index contributed by atoms with van der Waals surface area (Å²) in [6.07, 6.45) is 2.55. The Morgan fingerprint density at radius 1 is 1.58 bits per heavy atom. The van der Waals surface area contributed by atoms with E-state index >= 15 is 0 Å². The van der Waals surface area contributed by atoms with Crippen molar-refractivity contribution in [2.24, 2.45) is 5.73 Å². The second kappa shape index (κ2) is 6.15. The molecule has 104 valence electrons. The lowest BCUT2D eigenvalue weighted by atomic mass is 10.2. The Morgan fingerprint density at radius 2 is 2.26 bits per heavy atom. The lowest BCUT2D eigenvalue weighted by Crippen LogP contribution is -2.27. The van der Waals surface area contributed by atoms with E-state index in [1.807, 2.05) is 0 Å². The minimum Gasteiger partial charge on any atom is -0.389 e. The van der Waals surface area contributed by atoms with Crippen molar-refractivity contribution < 1.29 is 4.39 Å². The third-order valence-corrected chi connectivity index (χ3v) is 4.29. The number of likely N-dealkylation sites (N-methyl/N-ethyl adjacent to an activating group) is 1. The largest absolute Gasteiger partial charge is 0.389 e. The van der Waals surface area contributed by atoms with Crippen molar-refractivity contribution in [3.8, 4) is 0 Å². The third kappa shape index (κ3) is 3.64. The summed E-state index contributed by atoms with van der Waals surface area (Å²) in [5.41, 5.74) is 6.51. The third-order valence-electron chi connectivity index (χ3n) is 3.30. The van der Waals surface area contributed by atoms with Crippen molar-refractivity contribution in [2.75, 3.05) is 25.5 Å². The second-order valence-corrected chi connectivity index (χ2v) is 6.02. The Morgan fingerprint density at radius 3 is 2.84 bits per heavy atom. The maximum absolute atomic E-state index is 14.1. The molecular formula is C13H17BrFN3S.